The van der Waals surface area contributed by atoms with Crippen LogP contribution in [0.15, 0.2) is 0 Å². The van der Waals surface area contributed by atoms with Gasteiger partial charge in [-0.15, -0.1) is 0 Å². The van der Waals surface area contributed by atoms with Gasteiger partial charge in [0.1, 0.15) is 5.60 Å². The number of nitrogens with one attached hydrogen (secondary N) is 2. The van der Waals surface area contributed by atoms with Crippen LogP contribution in [0.3, 0.4) is 0 Å². The SMILES string of the molecule is CCCNC(=O)C(N)CCCCNC(=O)OC(C)(C)C. The first-order valence-corrected chi connectivity index (χ1v) is 7.26. The molecule has 0 aromatic carbocycles. The Balaban J connectivity index is 3.61. The summed E-state index contributed by atoms with van der Waals surface area (Å²) in [6, 6.07) is -0.469. The number of amides is 2. The summed E-state index contributed by atoms with van der Waals surface area (Å²) < 4.78 is 5.11. The van der Waals surface area contributed by atoms with Crippen LogP contribution in [0.5, 0.6) is 0 Å². The zero-order valence-corrected chi connectivity index (χ0v) is 13.1. The van der Waals surface area contributed by atoms with E-state index in [4.69, 9.17) is 10.5 Å². The van der Waals surface area contributed by atoms with E-state index < -0.39 is 17.7 Å². The molecule has 0 aliphatic carbocycles. The van der Waals surface area contributed by atoms with E-state index in [-0.39, 0.29) is 5.91 Å². The molecule has 6 nitrogen and oxygen atoms in total. The molecular weight excluding hydrogens is 258 g/mol. The summed E-state index contributed by atoms with van der Waals surface area (Å²) in [7, 11) is 0. The summed E-state index contributed by atoms with van der Waals surface area (Å²) in [4.78, 5) is 22.9. The predicted octanol–water partition coefficient (Wildman–Crippen LogP) is 1.53. The molecule has 0 radical (unpaired) electrons. The van der Waals surface area contributed by atoms with E-state index >= 15 is 0 Å². The second kappa shape index (κ2) is 9.58. The standard InChI is InChI=1S/C14H29N3O3/c1-5-9-16-12(18)11(15)8-6-7-10-17-13(19)20-14(2,3)4/h11H,5-10,15H2,1-4H3,(H,16,18)(H,17,19). The van der Waals surface area contributed by atoms with Crippen molar-refractivity contribution in [3.05, 3.63) is 0 Å². The third-order valence-corrected chi connectivity index (χ3v) is 2.50. The van der Waals surface area contributed by atoms with Gasteiger partial charge in [0.25, 0.3) is 0 Å². The average Bonchev–Trinajstić information content (AvgIpc) is 2.32. The average molecular weight is 287 g/mol. The highest BCUT2D eigenvalue weighted by Gasteiger charge is 2.15. The number of ether oxygens (including phenoxy) is 1. The molecule has 0 spiro atoms. The van der Waals surface area contributed by atoms with E-state index in [1.807, 2.05) is 27.7 Å². The van der Waals surface area contributed by atoms with E-state index in [1.165, 1.54) is 0 Å². The third-order valence-electron chi connectivity index (χ3n) is 2.50. The number of carbonyl (C=O) groups excluding carboxylic acids is 2. The normalized spacial score (nSPS) is 12.7. The molecule has 0 fully saturated rings. The maximum atomic E-state index is 11.5. The van der Waals surface area contributed by atoms with Crippen LogP contribution >= 0.6 is 0 Å². The van der Waals surface area contributed by atoms with Gasteiger partial charge in [0.2, 0.25) is 5.91 Å². The van der Waals surface area contributed by atoms with E-state index in [9.17, 15) is 9.59 Å². The fraction of sp³-hybridized carbons (Fsp3) is 0.857. The highest BCUT2D eigenvalue weighted by Crippen LogP contribution is 2.06. The highest BCUT2D eigenvalue weighted by atomic mass is 16.6. The highest BCUT2D eigenvalue weighted by molar-refractivity contribution is 5.81. The molecule has 1 atom stereocenters. The topological polar surface area (TPSA) is 93.5 Å². The van der Waals surface area contributed by atoms with Gasteiger partial charge in [-0.3, -0.25) is 4.79 Å². The number of rotatable bonds is 8. The van der Waals surface area contributed by atoms with Crippen LogP contribution < -0.4 is 16.4 Å². The predicted molar refractivity (Wildman–Crippen MR) is 79.4 cm³/mol. The molecule has 118 valence electrons. The van der Waals surface area contributed by atoms with Crippen molar-refractivity contribution in [2.24, 2.45) is 5.73 Å². The Kier molecular flexibility index (Phi) is 8.96. The Morgan fingerprint density at radius 1 is 1.15 bits per heavy atom. The van der Waals surface area contributed by atoms with Crippen LogP contribution in [-0.2, 0) is 9.53 Å². The van der Waals surface area contributed by atoms with Gasteiger partial charge in [0, 0.05) is 13.1 Å². The first kappa shape index (κ1) is 18.7. The fourth-order valence-electron chi connectivity index (χ4n) is 1.50. The minimum absolute atomic E-state index is 0.105. The van der Waals surface area contributed by atoms with Gasteiger partial charge in [0.15, 0.2) is 0 Å². The van der Waals surface area contributed by atoms with Crippen molar-refractivity contribution < 1.29 is 14.3 Å². The Morgan fingerprint density at radius 3 is 2.35 bits per heavy atom. The molecule has 2 amide bonds. The van der Waals surface area contributed by atoms with Gasteiger partial charge in [-0.2, -0.15) is 0 Å². The summed E-state index contributed by atoms with van der Waals surface area (Å²) in [6.45, 7) is 8.64. The molecule has 0 saturated carbocycles. The van der Waals surface area contributed by atoms with Gasteiger partial charge >= 0.3 is 6.09 Å². The summed E-state index contributed by atoms with van der Waals surface area (Å²) in [5.41, 5.74) is 5.28. The first-order chi connectivity index (χ1) is 9.26. The smallest absolute Gasteiger partial charge is 0.407 e. The van der Waals surface area contributed by atoms with Crippen LogP contribution in [0, 0.1) is 0 Å². The van der Waals surface area contributed by atoms with Crippen LogP contribution in [0.4, 0.5) is 4.79 Å². The minimum Gasteiger partial charge on any atom is -0.444 e. The van der Waals surface area contributed by atoms with Crippen molar-refractivity contribution in [1.82, 2.24) is 10.6 Å². The molecule has 0 rings (SSSR count). The Morgan fingerprint density at radius 2 is 1.80 bits per heavy atom. The molecule has 0 saturated heterocycles. The third kappa shape index (κ3) is 10.6. The largest absolute Gasteiger partial charge is 0.444 e. The zero-order valence-electron chi connectivity index (χ0n) is 13.1. The molecule has 20 heavy (non-hydrogen) atoms. The molecule has 1 unspecified atom stereocenters. The lowest BCUT2D eigenvalue weighted by Crippen LogP contribution is -2.40. The number of alkyl carbamates (subject to hydrolysis) is 1. The second-order valence-electron chi connectivity index (χ2n) is 5.82. The lowest BCUT2D eigenvalue weighted by Gasteiger charge is -2.19. The number of hydrogen-bond acceptors (Lipinski definition) is 4. The quantitative estimate of drug-likeness (QED) is 0.590. The minimum atomic E-state index is -0.482. The fourth-order valence-corrected chi connectivity index (χ4v) is 1.50. The molecule has 0 aromatic rings. The lowest BCUT2D eigenvalue weighted by molar-refractivity contribution is -0.122. The Hall–Kier alpha value is -1.30. The van der Waals surface area contributed by atoms with Crippen molar-refractivity contribution in [2.45, 2.75) is 65.0 Å². The number of nitrogens with two attached hydrogens (primary N) is 1. The summed E-state index contributed by atoms with van der Waals surface area (Å²) in [6.07, 6.45) is 2.66. The Labute approximate surface area is 121 Å². The van der Waals surface area contributed by atoms with Crippen LogP contribution in [-0.4, -0.2) is 36.7 Å². The Bertz CT molecular complexity index is 301. The van der Waals surface area contributed by atoms with Crippen molar-refractivity contribution in [3.8, 4) is 0 Å². The van der Waals surface area contributed by atoms with Gasteiger partial charge in [-0.05, 0) is 46.5 Å². The van der Waals surface area contributed by atoms with Crippen LogP contribution in [0.2, 0.25) is 0 Å². The van der Waals surface area contributed by atoms with Crippen LogP contribution in [0.25, 0.3) is 0 Å². The number of unbranched alkanes of at least 4 members (excludes halogenated alkanes) is 1. The van der Waals surface area contributed by atoms with Crippen molar-refractivity contribution in [2.75, 3.05) is 13.1 Å². The molecule has 4 N–H and O–H groups in total. The molecule has 0 aromatic heterocycles. The summed E-state index contributed by atoms with van der Waals surface area (Å²) in [5, 5.41) is 5.44. The van der Waals surface area contributed by atoms with Crippen molar-refractivity contribution in [3.63, 3.8) is 0 Å². The van der Waals surface area contributed by atoms with Gasteiger partial charge in [-0.1, -0.05) is 6.92 Å². The van der Waals surface area contributed by atoms with Crippen molar-refractivity contribution in [1.29, 1.82) is 0 Å². The molecule has 0 aliphatic heterocycles. The molecule has 0 heterocycles. The van der Waals surface area contributed by atoms with Gasteiger partial charge < -0.3 is 21.1 Å². The van der Waals surface area contributed by atoms with Gasteiger partial charge in [0.05, 0.1) is 6.04 Å². The van der Waals surface area contributed by atoms with Crippen LogP contribution in [0.1, 0.15) is 53.4 Å². The second-order valence-corrected chi connectivity index (χ2v) is 5.82. The summed E-state index contributed by atoms with van der Waals surface area (Å²) in [5.74, 6) is -0.105. The number of hydrogen-bond donors (Lipinski definition) is 3. The lowest BCUT2D eigenvalue weighted by atomic mass is 10.1. The molecular formula is C14H29N3O3. The van der Waals surface area contributed by atoms with E-state index in [2.05, 4.69) is 10.6 Å². The molecule has 6 heteroatoms. The monoisotopic (exact) mass is 287 g/mol. The van der Waals surface area contributed by atoms with E-state index in [0.717, 1.165) is 19.3 Å². The van der Waals surface area contributed by atoms with Gasteiger partial charge in [-0.25, -0.2) is 4.79 Å². The van der Waals surface area contributed by atoms with E-state index in [1.54, 1.807) is 0 Å². The zero-order chi connectivity index (χ0) is 15.6. The summed E-state index contributed by atoms with van der Waals surface area (Å²) >= 11 is 0. The maximum absolute atomic E-state index is 11.5. The molecule has 0 aliphatic rings. The number of carbonyl (C=O) groups is 2. The molecule has 0 bridgehead atoms. The first-order valence-electron chi connectivity index (χ1n) is 7.26. The van der Waals surface area contributed by atoms with E-state index in [0.29, 0.717) is 19.5 Å². The van der Waals surface area contributed by atoms with Crippen molar-refractivity contribution >= 4 is 12.0 Å². The maximum Gasteiger partial charge on any atom is 0.407 e.